The molecule has 0 aromatic carbocycles. The number of hydrogen-bond donors (Lipinski definition) is 1. The first kappa shape index (κ1) is 10.9. The molecule has 76 valence electrons. The minimum Gasteiger partial charge on any atom is -0.381 e. The number of Topliss-reactive ketones (excluding diaryl/α,β-unsaturated/α-hetero) is 1. The van der Waals surface area contributed by atoms with Gasteiger partial charge >= 0.3 is 0 Å². The Labute approximate surface area is 84.6 Å². The molecule has 0 saturated carbocycles. The van der Waals surface area contributed by atoms with Crippen LogP contribution in [-0.2, 0) is 4.79 Å². The van der Waals surface area contributed by atoms with Gasteiger partial charge in [0.2, 0.25) is 0 Å². The first-order chi connectivity index (χ1) is 6.45. The van der Waals surface area contributed by atoms with E-state index in [1.165, 1.54) is 0 Å². The van der Waals surface area contributed by atoms with Gasteiger partial charge in [-0.1, -0.05) is 18.2 Å². The zero-order valence-electron chi connectivity index (χ0n) is 8.87. The summed E-state index contributed by atoms with van der Waals surface area (Å²) in [6, 6.07) is 0. The summed E-state index contributed by atoms with van der Waals surface area (Å²) >= 11 is 0. The van der Waals surface area contributed by atoms with Crippen molar-refractivity contribution in [2.45, 2.75) is 32.8 Å². The van der Waals surface area contributed by atoms with Gasteiger partial charge < -0.3 is 5.11 Å². The molecule has 0 aromatic rings. The van der Waals surface area contributed by atoms with Crippen LogP contribution in [0.2, 0.25) is 0 Å². The Morgan fingerprint density at radius 3 is 2.64 bits per heavy atom. The van der Waals surface area contributed by atoms with Crippen molar-refractivity contribution >= 4 is 5.78 Å². The average molecular weight is 192 g/mol. The van der Waals surface area contributed by atoms with Gasteiger partial charge in [0, 0.05) is 6.42 Å². The van der Waals surface area contributed by atoms with Gasteiger partial charge in [0.15, 0.2) is 0 Å². The Kier molecular flexibility index (Phi) is 3.06. The van der Waals surface area contributed by atoms with E-state index in [0.717, 1.165) is 11.1 Å². The van der Waals surface area contributed by atoms with E-state index < -0.39 is 5.60 Å². The monoisotopic (exact) mass is 192 g/mol. The highest BCUT2D eigenvalue weighted by atomic mass is 16.3. The number of aliphatic hydroxyl groups is 1. The maximum Gasteiger partial charge on any atom is 0.134 e. The molecule has 0 fully saturated rings. The van der Waals surface area contributed by atoms with Crippen molar-refractivity contribution in [1.29, 1.82) is 0 Å². The summed E-state index contributed by atoms with van der Waals surface area (Å²) in [6.45, 7) is 5.17. The molecule has 0 aliphatic heterocycles. The normalized spacial score (nSPS) is 29.1. The van der Waals surface area contributed by atoms with Gasteiger partial charge in [-0.2, -0.15) is 0 Å². The third kappa shape index (κ3) is 2.42. The highest BCUT2D eigenvalue weighted by molar-refractivity contribution is 5.79. The third-order valence-electron chi connectivity index (χ3n) is 2.29. The second kappa shape index (κ2) is 3.93. The molecule has 1 N–H and O–H groups in total. The first-order valence-corrected chi connectivity index (χ1v) is 4.74. The zero-order chi connectivity index (χ0) is 10.8. The van der Waals surface area contributed by atoms with Gasteiger partial charge in [-0.25, -0.2) is 0 Å². The molecule has 2 heteroatoms. The van der Waals surface area contributed by atoms with Crippen LogP contribution in [0.5, 0.6) is 0 Å². The van der Waals surface area contributed by atoms with E-state index in [0.29, 0.717) is 6.42 Å². The van der Waals surface area contributed by atoms with Crippen LogP contribution in [0.1, 0.15) is 27.2 Å². The summed E-state index contributed by atoms with van der Waals surface area (Å²) in [5.74, 6) is 0.112. The minimum atomic E-state index is -0.936. The molecule has 1 rings (SSSR count). The molecule has 0 heterocycles. The standard InChI is InChI=1S/C12H16O2/c1-4-11-6-5-10(7-9(2)13)8-12(11,3)14/h4-6,8,14H,7H2,1-3H3. The lowest BCUT2D eigenvalue weighted by Crippen LogP contribution is -2.25. The molecule has 1 aliphatic carbocycles. The second-order valence-electron chi connectivity index (χ2n) is 3.82. The summed E-state index contributed by atoms with van der Waals surface area (Å²) in [5.41, 5.74) is 0.812. The van der Waals surface area contributed by atoms with Gasteiger partial charge in [-0.05, 0) is 38.0 Å². The first-order valence-electron chi connectivity index (χ1n) is 4.74. The summed E-state index contributed by atoms with van der Waals surface area (Å²) < 4.78 is 0. The highest BCUT2D eigenvalue weighted by Crippen LogP contribution is 2.27. The van der Waals surface area contributed by atoms with Crippen molar-refractivity contribution in [3.8, 4) is 0 Å². The molecule has 0 radical (unpaired) electrons. The van der Waals surface area contributed by atoms with Crippen LogP contribution < -0.4 is 0 Å². The number of rotatable bonds is 2. The van der Waals surface area contributed by atoms with Crippen molar-refractivity contribution in [2.24, 2.45) is 0 Å². The van der Waals surface area contributed by atoms with Gasteiger partial charge in [-0.3, -0.25) is 4.79 Å². The molecule has 0 saturated heterocycles. The van der Waals surface area contributed by atoms with Crippen LogP contribution in [0, 0.1) is 0 Å². The SMILES string of the molecule is CC=C1C=CC(CC(C)=O)=CC1(C)O. The van der Waals surface area contributed by atoms with Gasteiger partial charge in [-0.15, -0.1) is 0 Å². The lowest BCUT2D eigenvalue weighted by Gasteiger charge is -2.25. The Balaban J connectivity index is 2.91. The average Bonchev–Trinajstić information content (AvgIpc) is 2.01. The summed E-state index contributed by atoms with van der Waals surface area (Å²) in [7, 11) is 0. The lowest BCUT2D eigenvalue weighted by atomic mass is 9.87. The Morgan fingerprint density at radius 1 is 1.57 bits per heavy atom. The van der Waals surface area contributed by atoms with Gasteiger partial charge in [0.1, 0.15) is 11.4 Å². The van der Waals surface area contributed by atoms with Crippen LogP contribution in [-0.4, -0.2) is 16.5 Å². The fourth-order valence-corrected chi connectivity index (χ4v) is 1.64. The van der Waals surface area contributed by atoms with Crippen LogP contribution in [0.4, 0.5) is 0 Å². The Bertz CT molecular complexity index is 330. The summed E-state index contributed by atoms with van der Waals surface area (Å²) in [5, 5.41) is 10.0. The zero-order valence-corrected chi connectivity index (χ0v) is 8.87. The predicted molar refractivity (Wildman–Crippen MR) is 56.9 cm³/mol. The van der Waals surface area contributed by atoms with Crippen LogP contribution in [0.15, 0.2) is 35.5 Å². The second-order valence-corrected chi connectivity index (χ2v) is 3.82. The lowest BCUT2D eigenvalue weighted by molar-refractivity contribution is -0.116. The topological polar surface area (TPSA) is 37.3 Å². The number of hydrogen-bond acceptors (Lipinski definition) is 2. The van der Waals surface area contributed by atoms with Crippen molar-refractivity contribution < 1.29 is 9.90 Å². The van der Waals surface area contributed by atoms with Crippen molar-refractivity contribution in [3.63, 3.8) is 0 Å². The third-order valence-corrected chi connectivity index (χ3v) is 2.29. The molecule has 0 amide bonds. The van der Waals surface area contributed by atoms with E-state index >= 15 is 0 Å². The fourth-order valence-electron chi connectivity index (χ4n) is 1.64. The molecule has 1 aliphatic rings. The maximum atomic E-state index is 10.9. The molecule has 2 nitrogen and oxygen atoms in total. The molecular formula is C12H16O2. The van der Waals surface area contributed by atoms with Crippen molar-refractivity contribution in [2.75, 3.05) is 0 Å². The number of carbonyl (C=O) groups is 1. The van der Waals surface area contributed by atoms with E-state index in [1.54, 1.807) is 19.9 Å². The molecular weight excluding hydrogens is 176 g/mol. The van der Waals surface area contributed by atoms with Crippen molar-refractivity contribution in [3.05, 3.63) is 35.5 Å². The van der Waals surface area contributed by atoms with Crippen LogP contribution in [0.25, 0.3) is 0 Å². The molecule has 1 unspecified atom stereocenters. The highest BCUT2D eigenvalue weighted by Gasteiger charge is 2.24. The summed E-state index contributed by atoms with van der Waals surface area (Å²) in [6.07, 6.45) is 7.75. The van der Waals surface area contributed by atoms with E-state index in [-0.39, 0.29) is 5.78 Å². The molecule has 14 heavy (non-hydrogen) atoms. The smallest absolute Gasteiger partial charge is 0.134 e. The van der Waals surface area contributed by atoms with E-state index in [1.807, 2.05) is 25.2 Å². The van der Waals surface area contributed by atoms with E-state index in [4.69, 9.17) is 0 Å². The molecule has 0 aromatic heterocycles. The number of allylic oxidation sites excluding steroid dienone is 3. The van der Waals surface area contributed by atoms with Gasteiger partial charge in [0.05, 0.1) is 0 Å². The largest absolute Gasteiger partial charge is 0.381 e. The summed E-state index contributed by atoms with van der Waals surface area (Å²) in [4.78, 5) is 10.9. The predicted octanol–water partition coefficient (Wildman–Crippen LogP) is 2.16. The minimum absolute atomic E-state index is 0.112. The number of carbonyl (C=O) groups excluding carboxylic acids is 1. The maximum absolute atomic E-state index is 10.9. The van der Waals surface area contributed by atoms with E-state index in [2.05, 4.69) is 0 Å². The molecule has 1 atom stereocenters. The van der Waals surface area contributed by atoms with Crippen LogP contribution >= 0.6 is 0 Å². The van der Waals surface area contributed by atoms with E-state index in [9.17, 15) is 9.90 Å². The van der Waals surface area contributed by atoms with Gasteiger partial charge in [0.25, 0.3) is 0 Å². The quantitative estimate of drug-likeness (QED) is 0.728. The van der Waals surface area contributed by atoms with Crippen molar-refractivity contribution in [1.82, 2.24) is 0 Å². The Hall–Kier alpha value is -1.15. The molecule has 0 spiro atoms. The fraction of sp³-hybridized carbons (Fsp3) is 0.417. The van der Waals surface area contributed by atoms with Crippen LogP contribution in [0.3, 0.4) is 0 Å². The Morgan fingerprint density at radius 2 is 2.21 bits per heavy atom. The molecule has 0 bridgehead atoms. The number of ketones is 1.